The summed E-state index contributed by atoms with van der Waals surface area (Å²) in [5.41, 5.74) is 3.11. The second-order valence-electron chi connectivity index (χ2n) is 6.64. The van der Waals surface area contributed by atoms with Crippen molar-refractivity contribution in [1.29, 1.82) is 5.26 Å². The van der Waals surface area contributed by atoms with Crippen LogP contribution in [-0.4, -0.2) is 6.04 Å². The van der Waals surface area contributed by atoms with Crippen LogP contribution in [0.2, 0.25) is 0 Å². The molecule has 2 nitrogen and oxygen atoms in total. The summed E-state index contributed by atoms with van der Waals surface area (Å²) in [7, 11) is 0. The summed E-state index contributed by atoms with van der Waals surface area (Å²) < 4.78 is 0. The minimum Gasteiger partial charge on any atom is -0.382 e. The molecule has 1 aromatic carbocycles. The molecule has 0 saturated heterocycles. The van der Waals surface area contributed by atoms with E-state index in [1.165, 1.54) is 37.7 Å². The maximum absolute atomic E-state index is 9.02. The van der Waals surface area contributed by atoms with Gasteiger partial charge in [-0.05, 0) is 55.7 Å². The zero-order valence-electron chi connectivity index (χ0n) is 12.9. The predicted molar refractivity (Wildman–Crippen MR) is 84.7 cm³/mol. The molecule has 108 valence electrons. The Hall–Kier alpha value is -1.49. The van der Waals surface area contributed by atoms with Crippen molar-refractivity contribution in [2.24, 2.45) is 11.8 Å². The van der Waals surface area contributed by atoms with Crippen LogP contribution in [0, 0.1) is 30.1 Å². The standard InChI is InChI=1S/C18H26N2/c1-13(2)9-15-5-4-6-17(10-15)20-18-11-16(12-19)8-7-14(18)3/h7-8,11,13,15,17,20H,4-6,9-10H2,1-3H3. The summed E-state index contributed by atoms with van der Waals surface area (Å²) in [4.78, 5) is 0. The van der Waals surface area contributed by atoms with Crippen molar-refractivity contribution in [1.82, 2.24) is 0 Å². The molecule has 1 saturated carbocycles. The average molecular weight is 270 g/mol. The number of benzene rings is 1. The van der Waals surface area contributed by atoms with E-state index < -0.39 is 0 Å². The van der Waals surface area contributed by atoms with Gasteiger partial charge in [0.2, 0.25) is 0 Å². The van der Waals surface area contributed by atoms with Crippen molar-refractivity contribution >= 4 is 5.69 Å². The highest BCUT2D eigenvalue weighted by Gasteiger charge is 2.22. The molecular formula is C18H26N2. The number of aryl methyl sites for hydroxylation is 1. The molecule has 1 aliphatic rings. The molecule has 0 bridgehead atoms. The van der Waals surface area contributed by atoms with E-state index in [0.717, 1.165) is 23.1 Å². The molecule has 2 atom stereocenters. The molecule has 2 heteroatoms. The Bertz CT molecular complexity index is 485. The minimum atomic E-state index is 0.570. The van der Waals surface area contributed by atoms with Crippen LogP contribution in [0.25, 0.3) is 0 Å². The Balaban J connectivity index is 2.01. The molecular weight excluding hydrogens is 244 g/mol. The number of nitriles is 1. The monoisotopic (exact) mass is 270 g/mol. The number of hydrogen-bond donors (Lipinski definition) is 1. The largest absolute Gasteiger partial charge is 0.382 e. The van der Waals surface area contributed by atoms with E-state index in [1.807, 2.05) is 18.2 Å². The molecule has 0 aliphatic heterocycles. The van der Waals surface area contributed by atoms with Gasteiger partial charge in [-0.3, -0.25) is 0 Å². The second-order valence-corrected chi connectivity index (χ2v) is 6.64. The Morgan fingerprint density at radius 2 is 2.15 bits per heavy atom. The quantitative estimate of drug-likeness (QED) is 0.846. The second kappa shape index (κ2) is 6.79. The fourth-order valence-corrected chi connectivity index (χ4v) is 3.37. The zero-order valence-corrected chi connectivity index (χ0v) is 12.9. The lowest BCUT2D eigenvalue weighted by Gasteiger charge is -2.31. The predicted octanol–water partition coefficient (Wildman–Crippen LogP) is 4.88. The average Bonchev–Trinajstić information content (AvgIpc) is 2.41. The van der Waals surface area contributed by atoms with E-state index in [9.17, 15) is 0 Å². The van der Waals surface area contributed by atoms with Gasteiger partial charge >= 0.3 is 0 Å². The summed E-state index contributed by atoms with van der Waals surface area (Å²) in [5, 5.41) is 12.7. The smallest absolute Gasteiger partial charge is 0.0992 e. The van der Waals surface area contributed by atoms with Crippen LogP contribution >= 0.6 is 0 Å². The summed E-state index contributed by atoms with van der Waals surface area (Å²) in [6.07, 6.45) is 6.58. The first kappa shape index (κ1) is 14.9. The van der Waals surface area contributed by atoms with Crippen LogP contribution in [-0.2, 0) is 0 Å². The van der Waals surface area contributed by atoms with Gasteiger partial charge in [-0.1, -0.05) is 32.8 Å². The SMILES string of the molecule is Cc1ccc(C#N)cc1NC1CCCC(CC(C)C)C1. The van der Waals surface area contributed by atoms with E-state index in [0.29, 0.717) is 6.04 Å². The van der Waals surface area contributed by atoms with Gasteiger partial charge in [0.05, 0.1) is 11.6 Å². The van der Waals surface area contributed by atoms with Gasteiger partial charge in [-0.25, -0.2) is 0 Å². The molecule has 0 spiro atoms. The lowest BCUT2D eigenvalue weighted by Crippen LogP contribution is -2.28. The molecule has 0 aromatic heterocycles. The normalized spacial score (nSPS) is 22.6. The van der Waals surface area contributed by atoms with Crippen molar-refractivity contribution < 1.29 is 0 Å². The van der Waals surface area contributed by atoms with Gasteiger partial charge < -0.3 is 5.32 Å². The maximum Gasteiger partial charge on any atom is 0.0992 e. The minimum absolute atomic E-state index is 0.570. The number of nitrogens with one attached hydrogen (secondary N) is 1. The van der Waals surface area contributed by atoms with E-state index in [1.54, 1.807) is 0 Å². The van der Waals surface area contributed by atoms with Crippen molar-refractivity contribution in [2.75, 3.05) is 5.32 Å². The number of nitrogens with zero attached hydrogens (tertiary/aromatic N) is 1. The first-order valence-corrected chi connectivity index (χ1v) is 7.85. The highest BCUT2D eigenvalue weighted by molar-refractivity contribution is 5.55. The molecule has 2 unspecified atom stereocenters. The Kier molecular flexibility index (Phi) is 5.06. The van der Waals surface area contributed by atoms with Crippen LogP contribution in [0.4, 0.5) is 5.69 Å². The molecule has 20 heavy (non-hydrogen) atoms. The van der Waals surface area contributed by atoms with Crippen LogP contribution in [0.15, 0.2) is 18.2 Å². The fourth-order valence-electron chi connectivity index (χ4n) is 3.37. The Labute approximate surface area is 123 Å². The van der Waals surface area contributed by atoms with Crippen molar-refractivity contribution in [3.63, 3.8) is 0 Å². The molecule has 0 amide bonds. The van der Waals surface area contributed by atoms with Crippen LogP contribution in [0.3, 0.4) is 0 Å². The van der Waals surface area contributed by atoms with E-state index in [-0.39, 0.29) is 0 Å². The first-order valence-electron chi connectivity index (χ1n) is 7.85. The third-order valence-electron chi connectivity index (χ3n) is 4.31. The fraction of sp³-hybridized carbons (Fsp3) is 0.611. The van der Waals surface area contributed by atoms with Crippen LogP contribution in [0.5, 0.6) is 0 Å². The van der Waals surface area contributed by atoms with Crippen molar-refractivity contribution in [2.45, 2.75) is 58.9 Å². The van der Waals surface area contributed by atoms with Gasteiger partial charge in [0.15, 0.2) is 0 Å². The summed E-state index contributed by atoms with van der Waals surface area (Å²) in [5.74, 6) is 1.66. The third kappa shape index (κ3) is 4.00. The topological polar surface area (TPSA) is 35.8 Å². The Morgan fingerprint density at radius 3 is 2.85 bits per heavy atom. The molecule has 0 radical (unpaired) electrons. The van der Waals surface area contributed by atoms with Crippen molar-refractivity contribution in [3.05, 3.63) is 29.3 Å². The number of anilines is 1. The number of rotatable bonds is 4. The summed E-state index contributed by atoms with van der Waals surface area (Å²) in [6, 6.07) is 8.71. The van der Waals surface area contributed by atoms with Crippen LogP contribution in [0.1, 0.15) is 57.1 Å². The van der Waals surface area contributed by atoms with Crippen molar-refractivity contribution in [3.8, 4) is 6.07 Å². The first-order chi connectivity index (χ1) is 9.58. The number of hydrogen-bond acceptors (Lipinski definition) is 2. The molecule has 1 fully saturated rings. The van der Waals surface area contributed by atoms with Gasteiger partial charge in [0.25, 0.3) is 0 Å². The van der Waals surface area contributed by atoms with E-state index >= 15 is 0 Å². The van der Waals surface area contributed by atoms with E-state index in [4.69, 9.17) is 5.26 Å². The maximum atomic E-state index is 9.02. The van der Waals surface area contributed by atoms with E-state index in [2.05, 4.69) is 32.2 Å². The molecule has 1 aliphatic carbocycles. The van der Waals surface area contributed by atoms with Gasteiger partial charge in [0, 0.05) is 11.7 Å². The molecule has 1 N–H and O–H groups in total. The van der Waals surface area contributed by atoms with Gasteiger partial charge in [0.1, 0.15) is 0 Å². The Morgan fingerprint density at radius 1 is 1.35 bits per heavy atom. The molecule has 2 rings (SSSR count). The van der Waals surface area contributed by atoms with Crippen LogP contribution < -0.4 is 5.32 Å². The lowest BCUT2D eigenvalue weighted by molar-refractivity contribution is 0.289. The third-order valence-corrected chi connectivity index (χ3v) is 4.31. The van der Waals surface area contributed by atoms with Gasteiger partial charge in [-0.15, -0.1) is 0 Å². The zero-order chi connectivity index (χ0) is 14.5. The highest BCUT2D eigenvalue weighted by Crippen LogP contribution is 2.31. The molecule has 0 heterocycles. The van der Waals surface area contributed by atoms with Gasteiger partial charge in [-0.2, -0.15) is 5.26 Å². The summed E-state index contributed by atoms with van der Waals surface area (Å²) >= 11 is 0. The highest BCUT2D eigenvalue weighted by atomic mass is 14.9. The lowest BCUT2D eigenvalue weighted by atomic mass is 9.81. The summed E-state index contributed by atoms with van der Waals surface area (Å²) in [6.45, 7) is 6.74. The molecule has 1 aromatic rings.